The second-order valence-corrected chi connectivity index (χ2v) is 5.80. The van der Waals surface area contributed by atoms with Crippen molar-refractivity contribution in [1.82, 2.24) is 0 Å². The third-order valence-electron chi connectivity index (χ3n) is 2.98. The Bertz CT molecular complexity index is 828. The molecule has 0 atom stereocenters. The predicted molar refractivity (Wildman–Crippen MR) is 92.1 cm³/mol. The van der Waals surface area contributed by atoms with Gasteiger partial charge in [-0.05, 0) is 35.9 Å². The quantitative estimate of drug-likeness (QED) is 0.479. The van der Waals surface area contributed by atoms with Crippen molar-refractivity contribution in [3.63, 3.8) is 0 Å². The van der Waals surface area contributed by atoms with Gasteiger partial charge in [0, 0.05) is 17.8 Å². The van der Waals surface area contributed by atoms with Gasteiger partial charge in [-0.15, -0.1) is 0 Å². The molecular formula is C17H11Cl2F4NO2. The van der Waals surface area contributed by atoms with E-state index in [4.69, 9.17) is 23.2 Å². The van der Waals surface area contributed by atoms with Crippen LogP contribution in [-0.2, 0) is 4.79 Å². The zero-order chi connectivity index (χ0) is 19.3. The van der Waals surface area contributed by atoms with Crippen LogP contribution in [-0.4, -0.2) is 18.4 Å². The highest BCUT2D eigenvalue weighted by molar-refractivity contribution is 6.42. The lowest BCUT2D eigenvalue weighted by Crippen LogP contribution is -2.33. The predicted octanol–water partition coefficient (Wildman–Crippen LogP) is 5.88. The van der Waals surface area contributed by atoms with Gasteiger partial charge in [-0.3, -0.25) is 4.79 Å². The smallest absolute Gasteiger partial charge is 0.428 e. The largest absolute Gasteiger partial charge is 0.461 e. The minimum absolute atomic E-state index is 0.0938. The topological polar surface area (TPSA) is 38.3 Å². The van der Waals surface area contributed by atoms with Gasteiger partial charge in [0.1, 0.15) is 5.75 Å². The number of halogens is 6. The summed E-state index contributed by atoms with van der Waals surface area (Å²) in [7, 11) is 0. The maximum Gasteiger partial charge on any atom is 0.461 e. The Kier molecular flexibility index (Phi) is 6.50. The van der Waals surface area contributed by atoms with Crippen LogP contribution in [0.1, 0.15) is 5.56 Å². The van der Waals surface area contributed by atoms with E-state index < -0.39 is 24.2 Å². The number of carbonyl (C=O) groups is 1. The van der Waals surface area contributed by atoms with Crippen molar-refractivity contribution in [3.05, 3.63) is 64.1 Å². The number of amides is 1. The number of hydrogen-bond acceptors (Lipinski definition) is 2. The van der Waals surface area contributed by atoms with Crippen molar-refractivity contribution in [2.45, 2.75) is 12.5 Å². The van der Waals surface area contributed by atoms with E-state index >= 15 is 0 Å². The summed E-state index contributed by atoms with van der Waals surface area (Å²) < 4.78 is 54.1. The van der Waals surface area contributed by atoms with Gasteiger partial charge >= 0.3 is 12.5 Å². The van der Waals surface area contributed by atoms with Gasteiger partial charge in [0.2, 0.25) is 5.91 Å². The minimum Gasteiger partial charge on any atom is -0.428 e. The summed E-state index contributed by atoms with van der Waals surface area (Å²) in [5.41, 5.74) is 0.708. The van der Waals surface area contributed by atoms with Crippen LogP contribution in [0.15, 0.2) is 48.5 Å². The first-order valence-corrected chi connectivity index (χ1v) is 7.82. The van der Waals surface area contributed by atoms with E-state index in [1.165, 1.54) is 24.3 Å². The van der Waals surface area contributed by atoms with Gasteiger partial charge in [0.05, 0.1) is 10.0 Å². The molecule has 138 valence electrons. The second kappa shape index (κ2) is 8.42. The zero-order valence-electron chi connectivity index (χ0n) is 12.9. The van der Waals surface area contributed by atoms with Crippen molar-refractivity contribution < 1.29 is 27.1 Å². The second-order valence-electron chi connectivity index (χ2n) is 4.99. The number of anilines is 1. The molecule has 1 N–H and O–H groups in total. The van der Waals surface area contributed by atoms with E-state index in [1.54, 1.807) is 18.2 Å². The summed E-state index contributed by atoms with van der Waals surface area (Å²) in [6.45, 7) is 0. The number of carbonyl (C=O) groups excluding carboxylic acids is 1. The van der Waals surface area contributed by atoms with Crippen molar-refractivity contribution in [2.75, 3.05) is 5.32 Å². The van der Waals surface area contributed by atoms with Crippen molar-refractivity contribution in [3.8, 4) is 5.75 Å². The Morgan fingerprint density at radius 2 is 1.85 bits per heavy atom. The number of alkyl halides is 4. The van der Waals surface area contributed by atoms with E-state index in [0.29, 0.717) is 15.6 Å². The van der Waals surface area contributed by atoms with Gasteiger partial charge in [-0.1, -0.05) is 35.3 Å². The molecule has 0 aliphatic carbocycles. The highest BCUT2D eigenvalue weighted by Crippen LogP contribution is 2.29. The standard InChI is InChI=1S/C17H11Cl2F4NO2/c18-13-6-4-10(8-14(13)19)5-7-15(25)24-11-2-1-3-12(9-11)26-17(22,23)16(20)21/h1-9,16H,(H,24,25). The van der Waals surface area contributed by atoms with Crippen LogP contribution in [0.5, 0.6) is 5.75 Å². The molecule has 2 aromatic carbocycles. The average molecular weight is 408 g/mol. The Balaban J connectivity index is 2.03. The fraction of sp³-hybridized carbons (Fsp3) is 0.118. The monoisotopic (exact) mass is 407 g/mol. The SMILES string of the molecule is O=C(C=Cc1ccc(Cl)c(Cl)c1)Nc1cccc(OC(F)(F)C(F)F)c1. The molecular weight excluding hydrogens is 397 g/mol. The molecule has 0 aliphatic rings. The molecule has 2 rings (SSSR count). The third-order valence-corrected chi connectivity index (χ3v) is 3.72. The van der Waals surface area contributed by atoms with Crippen molar-refractivity contribution in [2.24, 2.45) is 0 Å². The summed E-state index contributed by atoms with van der Waals surface area (Å²) in [5, 5.41) is 3.08. The molecule has 0 unspecified atom stereocenters. The lowest BCUT2D eigenvalue weighted by Gasteiger charge is -2.17. The highest BCUT2D eigenvalue weighted by atomic mass is 35.5. The number of ether oxygens (including phenoxy) is 1. The summed E-state index contributed by atoms with van der Waals surface area (Å²) in [4.78, 5) is 11.9. The summed E-state index contributed by atoms with van der Waals surface area (Å²) in [5.74, 6) is -1.09. The maximum absolute atomic E-state index is 12.9. The van der Waals surface area contributed by atoms with Crippen LogP contribution < -0.4 is 10.1 Å². The summed E-state index contributed by atoms with van der Waals surface area (Å²) in [6.07, 6.45) is -5.96. The van der Waals surface area contributed by atoms with Gasteiger partial charge in [-0.25, -0.2) is 0 Å². The summed E-state index contributed by atoms with van der Waals surface area (Å²) >= 11 is 11.6. The van der Waals surface area contributed by atoms with E-state index in [0.717, 1.165) is 12.1 Å². The van der Waals surface area contributed by atoms with Gasteiger partial charge in [-0.2, -0.15) is 17.6 Å². The van der Waals surface area contributed by atoms with Crippen LogP contribution in [0.3, 0.4) is 0 Å². The van der Waals surface area contributed by atoms with Crippen molar-refractivity contribution in [1.29, 1.82) is 0 Å². The van der Waals surface area contributed by atoms with Crippen LogP contribution in [0, 0.1) is 0 Å². The van der Waals surface area contributed by atoms with Gasteiger partial charge in [0.25, 0.3) is 0 Å². The summed E-state index contributed by atoms with van der Waals surface area (Å²) in [6, 6.07) is 9.48. The van der Waals surface area contributed by atoms with Crippen LogP contribution >= 0.6 is 23.2 Å². The minimum atomic E-state index is -4.63. The fourth-order valence-corrected chi connectivity index (χ4v) is 2.12. The highest BCUT2D eigenvalue weighted by Gasteiger charge is 2.43. The Hall–Kier alpha value is -2.25. The lowest BCUT2D eigenvalue weighted by molar-refractivity contribution is -0.253. The molecule has 2 aromatic rings. The average Bonchev–Trinajstić information content (AvgIpc) is 2.56. The maximum atomic E-state index is 12.9. The normalized spacial score (nSPS) is 11.8. The molecule has 9 heteroatoms. The Morgan fingerprint density at radius 3 is 2.50 bits per heavy atom. The first-order valence-electron chi connectivity index (χ1n) is 7.06. The number of rotatable bonds is 6. The molecule has 0 spiro atoms. The van der Waals surface area contributed by atoms with E-state index in [1.807, 2.05) is 0 Å². The molecule has 0 aliphatic heterocycles. The van der Waals surface area contributed by atoms with Crippen LogP contribution in [0.25, 0.3) is 6.08 Å². The first-order chi connectivity index (χ1) is 12.2. The molecule has 0 aromatic heterocycles. The van der Waals surface area contributed by atoms with Crippen molar-refractivity contribution >= 4 is 40.9 Å². The molecule has 0 radical (unpaired) electrons. The molecule has 1 amide bonds. The lowest BCUT2D eigenvalue weighted by atomic mass is 10.2. The third kappa shape index (κ3) is 5.64. The Labute approximate surface area is 156 Å². The molecule has 0 bridgehead atoms. The van der Waals surface area contributed by atoms with E-state index in [9.17, 15) is 22.4 Å². The van der Waals surface area contributed by atoms with Gasteiger partial charge < -0.3 is 10.1 Å². The fourth-order valence-electron chi connectivity index (χ4n) is 1.81. The first kappa shape index (κ1) is 20.1. The Morgan fingerprint density at radius 1 is 1.12 bits per heavy atom. The molecule has 0 saturated carbocycles. The van der Waals surface area contributed by atoms with E-state index in [2.05, 4.69) is 10.1 Å². The van der Waals surface area contributed by atoms with Crippen LogP contribution in [0.2, 0.25) is 10.0 Å². The van der Waals surface area contributed by atoms with Crippen LogP contribution in [0.4, 0.5) is 23.2 Å². The molecule has 26 heavy (non-hydrogen) atoms. The zero-order valence-corrected chi connectivity index (χ0v) is 14.4. The molecule has 0 fully saturated rings. The number of hydrogen-bond donors (Lipinski definition) is 1. The van der Waals surface area contributed by atoms with Gasteiger partial charge in [0.15, 0.2) is 0 Å². The number of benzene rings is 2. The molecule has 0 saturated heterocycles. The molecule has 0 heterocycles. The molecule has 3 nitrogen and oxygen atoms in total. The number of nitrogens with one attached hydrogen (secondary N) is 1. The van der Waals surface area contributed by atoms with E-state index in [-0.39, 0.29) is 5.69 Å².